The van der Waals surface area contributed by atoms with Gasteiger partial charge in [-0.15, -0.1) is 0 Å². The summed E-state index contributed by atoms with van der Waals surface area (Å²) in [6, 6.07) is 29.8. The molecule has 69 heavy (non-hydrogen) atoms. The zero-order valence-corrected chi connectivity index (χ0v) is 38.5. The predicted octanol–water partition coefficient (Wildman–Crippen LogP) is 6.76. The van der Waals surface area contributed by atoms with Crippen molar-refractivity contribution in [3.05, 3.63) is 167 Å². The van der Waals surface area contributed by atoms with Gasteiger partial charge in [0.05, 0.1) is 49.5 Å². The Morgan fingerprint density at radius 1 is 0.710 bits per heavy atom. The molecule has 0 aromatic heterocycles. The Hall–Kier alpha value is -8.68. The lowest BCUT2D eigenvalue weighted by atomic mass is 10.2. The van der Waals surface area contributed by atoms with Crippen molar-refractivity contribution in [3.8, 4) is 6.07 Å². The van der Waals surface area contributed by atoms with Gasteiger partial charge in [0.15, 0.2) is 0 Å². The molecule has 2 N–H and O–H groups in total. The van der Waals surface area contributed by atoms with Crippen molar-refractivity contribution >= 4 is 68.8 Å². The number of carboxylic acids is 1. The van der Waals surface area contributed by atoms with Crippen LogP contribution in [0.5, 0.6) is 0 Å². The van der Waals surface area contributed by atoms with Crippen LogP contribution >= 0.6 is 15.9 Å². The zero-order valence-electron chi connectivity index (χ0n) is 36.9. The van der Waals surface area contributed by atoms with Gasteiger partial charge in [0.1, 0.15) is 32.5 Å². The van der Waals surface area contributed by atoms with Gasteiger partial charge in [0, 0.05) is 32.0 Å². The maximum atomic E-state index is 11.3. The van der Waals surface area contributed by atoms with Crippen LogP contribution in [0.4, 0.5) is 17.1 Å². The van der Waals surface area contributed by atoms with Crippen LogP contribution in [0.1, 0.15) is 55.4 Å². The second-order valence-electron chi connectivity index (χ2n) is 13.2. The quantitative estimate of drug-likeness (QED) is 0.0265. The minimum Gasteiger partial charge on any atom is -0.481 e. The molecule has 4 aromatic carbocycles. The van der Waals surface area contributed by atoms with Crippen molar-refractivity contribution in [3.63, 3.8) is 0 Å². The van der Waals surface area contributed by atoms with E-state index in [9.17, 15) is 59.1 Å². The molecule has 366 valence electrons. The molecule has 1 saturated heterocycles. The third-order valence-corrected chi connectivity index (χ3v) is 7.65. The average Bonchev–Trinajstić information content (AvgIpc) is 3.29. The number of cyclic esters (lactones) is 2. The Balaban J connectivity index is 0.000000852. The van der Waals surface area contributed by atoms with E-state index in [2.05, 4.69) is 58.8 Å². The molecule has 0 aliphatic carbocycles. The third-order valence-electron chi connectivity index (χ3n) is 7.40. The van der Waals surface area contributed by atoms with Gasteiger partial charge in [-0.05, 0) is 25.1 Å². The fourth-order valence-corrected chi connectivity index (χ4v) is 4.55. The molecule has 0 bridgehead atoms. The number of nitro benzene ring substituents is 3. The van der Waals surface area contributed by atoms with Gasteiger partial charge >= 0.3 is 42.5 Å². The normalized spacial score (nSPS) is 11.2. The van der Waals surface area contributed by atoms with Crippen molar-refractivity contribution in [2.75, 3.05) is 12.1 Å². The summed E-state index contributed by atoms with van der Waals surface area (Å²) in [6.07, 6.45) is -1.68. The van der Waals surface area contributed by atoms with Crippen molar-refractivity contribution in [1.82, 2.24) is 0 Å². The molecular weight excluding hydrogens is 982 g/mol. The maximum absolute atomic E-state index is 11.3. The number of para-hydroxylation sites is 3. The van der Waals surface area contributed by atoms with Crippen LogP contribution in [0, 0.1) is 55.2 Å². The number of carbonyl (C=O) groups excluding carboxylic acids is 5. The zero-order chi connectivity index (χ0) is 52.4. The lowest BCUT2D eigenvalue weighted by molar-refractivity contribution is -0.386. The Kier molecular flexibility index (Phi) is 29.5. The number of ether oxygens (including phenoxy) is 5. The summed E-state index contributed by atoms with van der Waals surface area (Å²) >= 11 is 2.89. The number of halogens is 1. The summed E-state index contributed by atoms with van der Waals surface area (Å²) in [7, 11) is 0. The number of hydrogen-bond acceptors (Lipinski definition) is 19. The molecule has 0 unspecified atom stereocenters. The number of carboxylic acid groups (broad SMARTS) is 1. The summed E-state index contributed by atoms with van der Waals surface area (Å²) in [4.78, 5) is 97.3. The van der Waals surface area contributed by atoms with Crippen molar-refractivity contribution < 1.29 is 77.4 Å². The Bertz CT molecular complexity index is 2440. The molecule has 5 rings (SSSR count). The largest absolute Gasteiger partial charge is 0.481 e. The van der Waals surface area contributed by atoms with Gasteiger partial charge in [-0.2, -0.15) is 5.26 Å². The highest BCUT2D eigenvalue weighted by atomic mass is 79.9. The van der Waals surface area contributed by atoms with Gasteiger partial charge in [0.2, 0.25) is 0 Å². The number of benzene rings is 4. The molecule has 0 atom stereocenters. The van der Waals surface area contributed by atoms with E-state index in [0.717, 1.165) is 0 Å². The van der Waals surface area contributed by atoms with E-state index in [0.29, 0.717) is 10.9 Å². The first-order valence-corrected chi connectivity index (χ1v) is 20.4. The first-order valence-electron chi connectivity index (χ1n) is 19.3. The van der Waals surface area contributed by atoms with Gasteiger partial charge < -0.3 is 33.9 Å². The number of hydrogen-bond donors (Lipinski definition) is 2. The summed E-state index contributed by atoms with van der Waals surface area (Å²) in [5, 5.41) is 56.6. The van der Waals surface area contributed by atoms with Crippen LogP contribution < -0.4 is 0 Å². The standard InChI is InChI=1S/C12H10N2O6.C10H9NO6.C7H7NO3.C7H8.C6H8O4.C2H2BrN/c1-13-8-20-12(16)6-11(15)19-7-9-4-2-3-5-10(9)14(17)18;12-9(13)5-10(14)17-6-7-3-1-2-4-8(7)11(15)16;9-5-6-3-1-2-4-7(6)8(10)11;1-7-5-3-2-4-6-7;1-6(2)9-4(7)3-5(8)10-6;3-1-2-4/h2-5H,6-8H2;1-4H,5-6H2,(H,12,13);1-4,9H,5H2;2-6H,1H3;3H2,1-2H3;1H2. The lowest BCUT2D eigenvalue weighted by Crippen LogP contribution is -2.39. The first-order chi connectivity index (χ1) is 32.6. The number of nitriles is 1. The second kappa shape index (κ2) is 33.7. The number of esters is 5. The molecule has 1 aliphatic rings. The van der Waals surface area contributed by atoms with Crippen LogP contribution in [0.15, 0.2) is 103 Å². The number of aliphatic hydroxyl groups excluding tert-OH is 1. The molecule has 0 radical (unpaired) electrons. The fourth-order valence-electron chi connectivity index (χ4n) is 4.55. The van der Waals surface area contributed by atoms with E-state index in [4.69, 9.17) is 26.8 Å². The highest BCUT2D eigenvalue weighted by molar-refractivity contribution is 9.09. The van der Waals surface area contributed by atoms with Crippen molar-refractivity contribution in [1.29, 1.82) is 5.26 Å². The molecule has 0 saturated carbocycles. The van der Waals surface area contributed by atoms with E-state index in [-0.39, 0.29) is 54.4 Å². The number of nitro groups is 3. The molecule has 24 nitrogen and oxygen atoms in total. The highest BCUT2D eigenvalue weighted by Crippen LogP contribution is 2.21. The monoisotopic (exact) mass is 1030 g/mol. The molecule has 4 aromatic rings. The second-order valence-corrected chi connectivity index (χ2v) is 13.7. The molecule has 25 heteroatoms. The highest BCUT2D eigenvalue weighted by Gasteiger charge is 2.34. The minimum absolute atomic E-state index is 0.0324. The van der Waals surface area contributed by atoms with E-state index in [1.54, 1.807) is 24.3 Å². The summed E-state index contributed by atoms with van der Waals surface area (Å²) in [5.74, 6) is -6.13. The number of carbonyl (C=O) groups is 6. The fraction of sp³-hybridized carbons (Fsp3) is 0.273. The number of aryl methyl sites for hydroxylation is 1. The number of aliphatic carboxylic acids is 1. The van der Waals surface area contributed by atoms with Gasteiger partial charge in [-0.1, -0.05) is 88.2 Å². The van der Waals surface area contributed by atoms with E-state index >= 15 is 0 Å². The Labute approximate surface area is 401 Å². The van der Waals surface area contributed by atoms with Gasteiger partial charge in [-0.25, -0.2) is 6.57 Å². The number of alkyl halides is 1. The summed E-state index contributed by atoms with van der Waals surface area (Å²) in [6.45, 7) is 10.1. The Morgan fingerprint density at radius 3 is 1.39 bits per heavy atom. The molecule has 1 heterocycles. The number of rotatable bonds is 13. The lowest BCUT2D eigenvalue weighted by Gasteiger charge is -2.28. The van der Waals surface area contributed by atoms with E-state index in [1.807, 2.05) is 24.3 Å². The van der Waals surface area contributed by atoms with Crippen molar-refractivity contribution in [2.45, 2.75) is 65.6 Å². The molecule has 1 aliphatic heterocycles. The maximum Gasteiger partial charge on any atom is 0.359 e. The first kappa shape index (κ1) is 60.3. The minimum atomic E-state index is -1.31. The van der Waals surface area contributed by atoms with Crippen LogP contribution in [0.2, 0.25) is 0 Å². The number of aliphatic hydroxyl groups is 1. The molecule has 1 fully saturated rings. The third kappa shape index (κ3) is 28.1. The molecular formula is C44H44BrN5O19. The van der Waals surface area contributed by atoms with E-state index < -0.39 is 75.9 Å². The SMILES string of the molecule is CC1(C)OC(=O)CC(=O)O1.Cc1ccccc1.N#CCBr.O=C(O)CC(=O)OCc1ccccc1[N+](=O)[O-].O=[N+]([O-])c1ccccc1CO.[C-]#[N+]COC(=O)CC(=O)OCc1ccccc1[N+](=O)[O-]. The van der Waals surface area contributed by atoms with Gasteiger partial charge in [-0.3, -0.25) is 64.0 Å². The van der Waals surface area contributed by atoms with Crippen LogP contribution in [-0.2, 0) is 72.3 Å². The summed E-state index contributed by atoms with van der Waals surface area (Å²) < 4.78 is 23.1. The predicted molar refractivity (Wildman–Crippen MR) is 241 cm³/mol. The van der Waals surface area contributed by atoms with Crippen molar-refractivity contribution in [2.24, 2.45) is 0 Å². The molecule has 0 amide bonds. The van der Waals surface area contributed by atoms with Crippen LogP contribution in [0.3, 0.4) is 0 Å². The Morgan fingerprint density at radius 2 is 1.07 bits per heavy atom. The number of nitrogens with zero attached hydrogens (tertiary/aromatic N) is 5. The smallest absolute Gasteiger partial charge is 0.359 e. The average molecular weight is 1030 g/mol. The van der Waals surface area contributed by atoms with E-state index in [1.165, 1.54) is 67.9 Å². The van der Waals surface area contributed by atoms with Crippen LogP contribution in [0.25, 0.3) is 4.85 Å². The van der Waals surface area contributed by atoms with Crippen LogP contribution in [-0.4, -0.2) is 78.6 Å². The summed E-state index contributed by atoms with van der Waals surface area (Å²) in [5.41, 5.74) is 1.73. The van der Waals surface area contributed by atoms with Gasteiger partial charge in [0.25, 0.3) is 22.8 Å². The topological polar surface area (TPSA) is 347 Å². The molecule has 0 spiro atoms.